The third-order valence-electron chi connectivity index (χ3n) is 6.18. The summed E-state index contributed by atoms with van der Waals surface area (Å²) < 4.78 is 27.8. The SMILES string of the molecule is CCON=C(c1ccc(NC(=O)c2ccc(S(=O)(=O)N3CCc4ccccc43)cc2)c(C(=O)O)c1)C(C)C. The summed E-state index contributed by atoms with van der Waals surface area (Å²) in [7, 11) is -3.80. The predicted octanol–water partition coefficient (Wildman–Crippen LogP) is 4.79. The predicted molar refractivity (Wildman–Crippen MR) is 145 cm³/mol. The molecule has 0 saturated carbocycles. The number of oxime groups is 1. The van der Waals surface area contributed by atoms with Crippen molar-refractivity contribution < 1.29 is 28.0 Å². The number of carboxylic acid groups (broad SMARTS) is 1. The molecule has 198 valence electrons. The van der Waals surface area contributed by atoms with Gasteiger partial charge in [-0.25, -0.2) is 13.2 Å². The van der Waals surface area contributed by atoms with Gasteiger partial charge in [0.2, 0.25) is 0 Å². The van der Waals surface area contributed by atoms with Crippen LogP contribution in [0.15, 0.2) is 76.8 Å². The lowest BCUT2D eigenvalue weighted by atomic mass is 9.97. The number of rotatable bonds is 9. The molecule has 2 N–H and O–H groups in total. The standard InChI is InChI=1S/C28H29N3O6S/c1-4-37-30-26(18(2)3)21-11-14-24(23(17-21)28(33)34)29-27(32)20-9-12-22(13-10-20)38(35,36)31-16-15-19-7-5-6-8-25(19)31/h5-14,17-18H,4,15-16H2,1-3H3,(H,29,32)(H,33,34). The van der Waals surface area contributed by atoms with Crippen molar-refractivity contribution in [1.29, 1.82) is 0 Å². The number of hydrogen-bond donors (Lipinski definition) is 2. The van der Waals surface area contributed by atoms with Crippen LogP contribution in [-0.2, 0) is 21.3 Å². The average molecular weight is 536 g/mol. The smallest absolute Gasteiger partial charge is 0.337 e. The number of carbonyl (C=O) groups is 2. The van der Waals surface area contributed by atoms with Gasteiger partial charge in [0.05, 0.1) is 27.5 Å². The lowest BCUT2D eigenvalue weighted by Crippen LogP contribution is -2.29. The van der Waals surface area contributed by atoms with Crippen molar-refractivity contribution >= 4 is 39.0 Å². The Kier molecular flexibility index (Phi) is 7.82. The van der Waals surface area contributed by atoms with Crippen LogP contribution in [0, 0.1) is 5.92 Å². The molecular formula is C28H29N3O6S. The van der Waals surface area contributed by atoms with Crippen molar-refractivity contribution in [2.45, 2.75) is 32.1 Å². The van der Waals surface area contributed by atoms with E-state index in [9.17, 15) is 23.1 Å². The van der Waals surface area contributed by atoms with Crippen LogP contribution in [0.25, 0.3) is 0 Å². The summed E-state index contributed by atoms with van der Waals surface area (Å²) in [5.41, 5.74) is 2.98. The number of amides is 1. The van der Waals surface area contributed by atoms with E-state index < -0.39 is 21.9 Å². The number of nitrogens with zero attached hydrogens (tertiary/aromatic N) is 2. The second kappa shape index (κ2) is 11.1. The van der Waals surface area contributed by atoms with Crippen molar-refractivity contribution in [3.8, 4) is 0 Å². The van der Waals surface area contributed by atoms with E-state index in [2.05, 4.69) is 10.5 Å². The zero-order valence-corrected chi connectivity index (χ0v) is 22.2. The molecule has 1 aliphatic rings. The highest BCUT2D eigenvalue weighted by Gasteiger charge is 2.30. The molecule has 10 heteroatoms. The largest absolute Gasteiger partial charge is 0.478 e. The number of hydrogen-bond acceptors (Lipinski definition) is 6. The van der Waals surface area contributed by atoms with E-state index in [1.54, 1.807) is 25.1 Å². The second-order valence-corrected chi connectivity index (χ2v) is 10.9. The number of nitrogens with one attached hydrogen (secondary N) is 1. The van der Waals surface area contributed by atoms with Crippen LogP contribution in [0.1, 0.15) is 52.6 Å². The maximum Gasteiger partial charge on any atom is 0.337 e. The van der Waals surface area contributed by atoms with Crippen molar-refractivity contribution in [2.24, 2.45) is 11.1 Å². The van der Waals surface area contributed by atoms with Crippen LogP contribution in [0.5, 0.6) is 0 Å². The highest BCUT2D eigenvalue weighted by Crippen LogP contribution is 2.32. The third-order valence-corrected chi connectivity index (χ3v) is 8.01. The van der Waals surface area contributed by atoms with Crippen LogP contribution >= 0.6 is 0 Å². The van der Waals surface area contributed by atoms with Gasteiger partial charge < -0.3 is 15.3 Å². The molecule has 0 aliphatic carbocycles. The summed E-state index contributed by atoms with van der Waals surface area (Å²) in [4.78, 5) is 30.1. The van der Waals surface area contributed by atoms with Gasteiger partial charge in [-0.3, -0.25) is 9.10 Å². The van der Waals surface area contributed by atoms with Crippen LogP contribution < -0.4 is 9.62 Å². The fourth-order valence-electron chi connectivity index (χ4n) is 4.27. The molecule has 0 saturated heterocycles. The first-order valence-electron chi connectivity index (χ1n) is 12.2. The zero-order chi connectivity index (χ0) is 27.4. The number of sulfonamides is 1. The average Bonchev–Trinajstić information content (AvgIpc) is 3.34. The molecule has 4 rings (SSSR count). The molecule has 38 heavy (non-hydrogen) atoms. The van der Waals surface area contributed by atoms with E-state index in [0.717, 1.165) is 5.56 Å². The van der Waals surface area contributed by atoms with Gasteiger partial charge in [0, 0.05) is 17.7 Å². The highest BCUT2D eigenvalue weighted by atomic mass is 32.2. The molecule has 3 aromatic carbocycles. The summed E-state index contributed by atoms with van der Waals surface area (Å²) in [6.45, 7) is 6.37. The minimum absolute atomic E-state index is 0.0209. The number of para-hydroxylation sites is 1. The molecule has 1 amide bonds. The van der Waals surface area contributed by atoms with Gasteiger partial charge in [-0.15, -0.1) is 0 Å². The summed E-state index contributed by atoms with van der Waals surface area (Å²) in [5.74, 6) is -1.80. The second-order valence-electron chi connectivity index (χ2n) is 9.05. The van der Waals surface area contributed by atoms with Gasteiger partial charge >= 0.3 is 5.97 Å². The maximum absolute atomic E-state index is 13.2. The van der Waals surface area contributed by atoms with E-state index >= 15 is 0 Å². The van der Waals surface area contributed by atoms with Crippen molar-refractivity contribution in [1.82, 2.24) is 0 Å². The van der Waals surface area contributed by atoms with Crippen molar-refractivity contribution in [3.05, 3.63) is 89.0 Å². The molecule has 0 bridgehead atoms. The zero-order valence-electron chi connectivity index (χ0n) is 21.3. The molecule has 0 aromatic heterocycles. The van der Waals surface area contributed by atoms with Gasteiger partial charge in [0.1, 0.15) is 6.61 Å². The monoisotopic (exact) mass is 535 g/mol. The molecule has 0 fully saturated rings. The lowest BCUT2D eigenvalue weighted by Gasteiger charge is -2.19. The summed E-state index contributed by atoms with van der Waals surface area (Å²) in [6, 6.07) is 17.6. The Morgan fingerprint density at radius 1 is 1.05 bits per heavy atom. The van der Waals surface area contributed by atoms with E-state index in [4.69, 9.17) is 4.84 Å². The first-order valence-corrected chi connectivity index (χ1v) is 13.7. The first-order chi connectivity index (χ1) is 18.1. The molecule has 0 spiro atoms. The molecule has 0 atom stereocenters. The Labute approximate surface area is 221 Å². The minimum atomic E-state index is -3.80. The molecule has 3 aromatic rings. The highest BCUT2D eigenvalue weighted by molar-refractivity contribution is 7.92. The summed E-state index contributed by atoms with van der Waals surface area (Å²) in [6.07, 6.45) is 0.636. The summed E-state index contributed by atoms with van der Waals surface area (Å²) >= 11 is 0. The minimum Gasteiger partial charge on any atom is -0.478 e. The maximum atomic E-state index is 13.2. The molecular weight excluding hydrogens is 506 g/mol. The van der Waals surface area contributed by atoms with Gasteiger partial charge in [0.25, 0.3) is 15.9 Å². The van der Waals surface area contributed by atoms with E-state index in [-0.39, 0.29) is 27.6 Å². The fraction of sp³-hybridized carbons (Fsp3) is 0.250. The van der Waals surface area contributed by atoms with Gasteiger partial charge in [-0.2, -0.15) is 0 Å². The molecule has 9 nitrogen and oxygen atoms in total. The normalized spacial score (nSPS) is 13.4. The van der Waals surface area contributed by atoms with Gasteiger partial charge in [-0.05, 0) is 67.3 Å². The topological polar surface area (TPSA) is 125 Å². The number of fused-ring (bicyclic) bond motifs is 1. The lowest BCUT2D eigenvalue weighted by molar-refractivity contribution is 0.0698. The van der Waals surface area contributed by atoms with Crippen LogP contribution in [-0.4, -0.2) is 44.3 Å². The first kappa shape index (κ1) is 26.9. The number of benzene rings is 3. The number of anilines is 2. The molecule has 1 aliphatic heterocycles. The van der Waals surface area contributed by atoms with Gasteiger partial charge in [0.15, 0.2) is 0 Å². The Morgan fingerprint density at radius 3 is 2.39 bits per heavy atom. The van der Waals surface area contributed by atoms with E-state index in [1.807, 2.05) is 26.0 Å². The van der Waals surface area contributed by atoms with Crippen molar-refractivity contribution in [2.75, 3.05) is 22.8 Å². The quantitative estimate of drug-likeness (QED) is 0.300. The number of carboxylic acids is 1. The van der Waals surface area contributed by atoms with Crippen molar-refractivity contribution in [3.63, 3.8) is 0 Å². The van der Waals surface area contributed by atoms with Crippen LogP contribution in [0.4, 0.5) is 11.4 Å². The summed E-state index contributed by atoms with van der Waals surface area (Å²) in [5, 5.41) is 16.5. The number of carbonyl (C=O) groups excluding carboxylic acids is 1. The fourth-order valence-corrected chi connectivity index (χ4v) is 5.78. The van der Waals surface area contributed by atoms with E-state index in [1.165, 1.54) is 40.7 Å². The van der Waals surface area contributed by atoms with Crippen LogP contribution in [0.3, 0.4) is 0 Å². The molecule has 1 heterocycles. The Hall–Kier alpha value is -4.18. The van der Waals surface area contributed by atoms with Gasteiger partial charge in [-0.1, -0.05) is 43.3 Å². The Balaban J connectivity index is 1.55. The van der Waals surface area contributed by atoms with Crippen LogP contribution in [0.2, 0.25) is 0 Å². The molecule has 0 radical (unpaired) electrons. The Bertz CT molecular complexity index is 1500. The molecule has 0 unspecified atom stereocenters. The number of aromatic carboxylic acids is 1. The van der Waals surface area contributed by atoms with E-state index in [0.29, 0.717) is 36.5 Å². The Morgan fingerprint density at radius 2 is 1.74 bits per heavy atom. The third kappa shape index (κ3) is 5.40.